The molecular weight excluding hydrogens is 176 g/mol. The first kappa shape index (κ1) is 9.34. The highest BCUT2D eigenvalue weighted by Crippen LogP contribution is 2.29. The molecule has 1 aromatic carbocycles. The van der Waals surface area contributed by atoms with Crippen LogP contribution in [0.3, 0.4) is 0 Å². The molecule has 1 aliphatic rings. The monoisotopic (exact) mass is 192 g/mol. The fourth-order valence-corrected chi connectivity index (χ4v) is 1.98. The number of hydrogen-bond acceptors (Lipinski definition) is 3. The average molecular weight is 192 g/mol. The fraction of sp³-hybridized carbons (Fsp3) is 0.455. The Hall–Kier alpha value is -1.22. The van der Waals surface area contributed by atoms with E-state index in [1.807, 2.05) is 12.1 Å². The summed E-state index contributed by atoms with van der Waals surface area (Å²) in [5.74, 6) is 0.779. The minimum Gasteiger partial charge on any atom is -0.506 e. The number of rotatable bonds is 1. The van der Waals surface area contributed by atoms with E-state index in [1.54, 1.807) is 6.07 Å². The van der Waals surface area contributed by atoms with E-state index < -0.39 is 0 Å². The van der Waals surface area contributed by atoms with Crippen LogP contribution < -0.4 is 11.1 Å². The van der Waals surface area contributed by atoms with E-state index in [4.69, 9.17) is 5.73 Å². The second-order valence-electron chi connectivity index (χ2n) is 3.84. The van der Waals surface area contributed by atoms with Gasteiger partial charge in [0.15, 0.2) is 0 Å². The molecule has 3 nitrogen and oxygen atoms in total. The molecular formula is C11H16N2O. The summed E-state index contributed by atoms with van der Waals surface area (Å²) in [4.78, 5) is 0. The Morgan fingerprint density at radius 2 is 2.00 bits per heavy atom. The van der Waals surface area contributed by atoms with Crippen molar-refractivity contribution in [2.24, 2.45) is 0 Å². The quantitative estimate of drug-likeness (QED) is 0.466. The number of nitrogens with one attached hydrogen (secondary N) is 1. The zero-order valence-electron chi connectivity index (χ0n) is 8.16. The van der Waals surface area contributed by atoms with Gasteiger partial charge in [-0.3, -0.25) is 0 Å². The topological polar surface area (TPSA) is 58.3 Å². The summed E-state index contributed by atoms with van der Waals surface area (Å²) in [6.45, 7) is 2.15. The van der Waals surface area contributed by atoms with Crippen molar-refractivity contribution >= 4 is 5.69 Å². The van der Waals surface area contributed by atoms with Crippen LogP contribution in [0.4, 0.5) is 5.69 Å². The van der Waals surface area contributed by atoms with E-state index in [2.05, 4.69) is 5.32 Å². The minimum atomic E-state index is 0.183. The van der Waals surface area contributed by atoms with Crippen LogP contribution in [-0.2, 0) is 0 Å². The normalized spacial score (nSPS) is 18.3. The van der Waals surface area contributed by atoms with Crippen LogP contribution in [-0.4, -0.2) is 18.2 Å². The summed E-state index contributed by atoms with van der Waals surface area (Å²) in [6, 6.07) is 5.56. The van der Waals surface area contributed by atoms with Gasteiger partial charge in [-0.25, -0.2) is 0 Å². The lowest BCUT2D eigenvalue weighted by atomic mass is 9.90. The van der Waals surface area contributed by atoms with Crippen molar-refractivity contribution in [1.29, 1.82) is 0 Å². The lowest BCUT2D eigenvalue weighted by Crippen LogP contribution is -2.26. The third-order valence-electron chi connectivity index (χ3n) is 2.86. The number of hydrogen-bond donors (Lipinski definition) is 3. The van der Waals surface area contributed by atoms with E-state index >= 15 is 0 Å². The minimum absolute atomic E-state index is 0.183. The van der Waals surface area contributed by atoms with Gasteiger partial charge in [0.25, 0.3) is 0 Å². The molecule has 0 spiro atoms. The Morgan fingerprint density at radius 3 is 2.64 bits per heavy atom. The largest absolute Gasteiger partial charge is 0.506 e. The van der Waals surface area contributed by atoms with Crippen molar-refractivity contribution in [2.75, 3.05) is 18.8 Å². The lowest BCUT2D eigenvalue weighted by Gasteiger charge is -2.23. The van der Waals surface area contributed by atoms with Gasteiger partial charge in [-0.05, 0) is 49.5 Å². The Balaban J connectivity index is 2.18. The lowest BCUT2D eigenvalue weighted by molar-refractivity contribution is 0.457. The highest BCUT2D eigenvalue weighted by atomic mass is 16.3. The van der Waals surface area contributed by atoms with E-state index in [-0.39, 0.29) is 5.75 Å². The van der Waals surface area contributed by atoms with Gasteiger partial charge in [-0.2, -0.15) is 0 Å². The molecule has 1 heterocycles. The predicted octanol–water partition coefficient (Wildman–Crippen LogP) is 1.44. The van der Waals surface area contributed by atoms with Gasteiger partial charge in [0.1, 0.15) is 5.75 Å². The van der Waals surface area contributed by atoms with Crippen LogP contribution in [0.2, 0.25) is 0 Å². The van der Waals surface area contributed by atoms with Gasteiger partial charge in [0, 0.05) is 0 Å². The zero-order valence-corrected chi connectivity index (χ0v) is 8.16. The number of anilines is 1. The summed E-state index contributed by atoms with van der Waals surface area (Å²) >= 11 is 0. The third kappa shape index (κ3) is 1.82. The molecule has 0 saturated carbocycles. The van der Waals surface area contributed by atoms with E-state index in [1.165, 1.54) is 5.56 Å². The molecule has 4 N–H and O–H groups in total. The number of phenolic OH excluding ortho intramolecular Hbond substituents is 1. The van der Waals surface area contributed by atoms with Gasteiger partial charge >= 0.3 is 0 Å². The number of aromatic hydroxyl groups is 1. The standard InChI is InChI=1S/C11H16N2O/c12-10-7-9(1-2-11(10)14)8-3-5-13-6-4-8/h1-2,7-8,13-14H,3-6,12H2. The third-order valence-corrected chi connectivity index (χ3v) is 2.86. The molecule has 0 amide bonds. The summed E-state index contributed by atoms with van der Waals surface area (Å²) in [5, 5.41) is 12.6. The van der Waals surface area contributed by atoms with Crippen molar-refractivity contribution in [1.82, 2.24) is 5.32 Å². The molecule has 1 fully saturated rings. The van der Waals surface area contributed by atoms with Crippen LogP contribution >= 0.6 is 0 Å². The molecule has 0 bridgehead atoms. The van der Waals surface area contributed by atoms with Gasteiger partial charge in [0.2, 0.25) is 0 Å². The van der Waals surface area contributed by atoms with Crippen molar-refractivity contribution < 1.29 is 5.11 Å². The van der Waals surface area contributed by atoms with Gasteiger partial charge in [-0.1, -0.05) is 6.07 Å². The SMILES string of the molecule is Nc1cc(C2CCNCC2)ccc1O. The number of phenols is 1. The maximum Gasteiger partial charge on any atom is 0.138 e. The van der Waals surface area contributed by atoms with Gasteiger partial charge in [-0.15, -0.1) is 0 Å². The Morgan fingerprint density at radius 1 is 1.29 bits per heavy atom. The first-order chi connectivity index (χ1) is 6.77. The Labute approximate surface area is 83.9 Å². The molecule has 1 saturated heterocycles. The van der Waals surface area contributed by atoms with Crippen LogP contribution in [0, 0.1) is 0 Å². The van der Waals surface area contributed by atoms with Crippen molar-refractivity contribution in [3.63, 3.8) is 0 Å². The van der Waals surface area contributed by atoms with Crippen molar-refractivity contribution in [2.45, 2.75) is 18.8 Å². The second kappa shape index (κ2) is 3.88. The first-order valence-electron chi connectivity index (χ1n) is 5.06. The van der Waals surface area contributed by atoms with E-state index in [9.17, 15) is 5.11 Å². The molecule has 76 valence electrons. The summed E-state index contributed by atoms with van der Waals surface area (Å²) in [5.41, 5.74) is 7.40. The molecule has 14 heavy (non-hydrogen) atoms. The Bertz CT molecular complexity index is 319. The van der Waals surface area contributed by atoms with E-state index in [0.717, 1.165) is 25.9 Å². The summed E-state index contributed by atoms with van der Waals surface area (Å²) < 4.78 is 0. The predicted molar refractivity (Wildman–Crippen MR) is 57.4 cm³/mol. The number of nitrogen functional groups attached to an aromatic ring is 1. The molecule has 0 atom stereocenters. The highest BCUT2D eigenvalue weighted by molar-refractivity contribution is 5.53. The number of nitrogens with two attached hydrogens (primary N) is 1. The maximum absolute atomic E-state index is 9.30. The van der Waals surface area contributed by atoms with Crippen molar-refractivity contribution in [3.8, 4) is 5.75 Å². The molecule has 3 heteroatoms. The maximum atomic E-state index is 9.30. The van der Waals surface area contributed by atoms with Gasteiger partial charge in [0.05, 0.1) is 5.69 Å². The van der Waals surface area contributed by atoms with Crippen LogP contribution in [0.5, 0.6) is 5.75 Å². The molecule has 0 aromatic heterocycles. The van der Waals surface area contributed by atoms with Crippen LogP contribution in [0.1, 0.15) is 24.3 Å². The number of benzene rings is 1. The zero-order chi connectivity index (χ0) is 9.97. The smallest absolute Gasteiger partial charge is 0.138 e. The second-order valence-corrected chi connectivity index (χ2v) is 3.84. The molecule has 0 radical (unpaired) electrons. The number of piperidine rings is 1. The molecule has 1 aliphatic heterocycles. The fourth-order valence-electron chi connectivity index (χ4n) is 1.98. The molecule has 0 unspecified atom stereocenters. The van der Waals surface area contributed by atoms with Gasteiger partial charge < -0.3 is 16.2 Å². The average Bonchev–Trinajstić information content (AvgIpc) is 2.23. The molecule has 2 rings (SSSR count). The Kier molecular flexibility index (Phi) is 2.59. The van der Waals surface area contributed by atoms with Crippen LogP contribution in [0.25, 0.3) is 0 Å². The highest BCUT2D eigenvalue weighted by Gasteiger charge is 2.15. The van der Waals surface area contributed by atoms with Crippen LogP contribution in [0.15, 0.2) is 18.2 Å². The summed E-state index contributed by atoms with van der Waals surface area (Å²) in [6.07, 6.45) is 2.31. The van der Waals surface area contributed by atoms with E-state index in [0.29, 0.717) is 11.6 Å². The first-order valence-corrected chi connectivity index (χ1v) is 5.06. The summed E-state index contributed by atoms with van der Waals surface area (Å²) in [7, 11) is 0. The van der Waals surface area contributed by atoms with Crippen molar-refractivity contribution in [3.05, 3.63) is 23.8 Å². The molecule has 1 aromatic rings. The molecule has 0 aliphatic carbocycles.